The van der Waals surface area contributed by atoms with Gasteiger partial charge in [-0.15, -0.1) is 0 Å². The lowest BCUT2D eigenvalue weighted by molar-refractivity contribution is -0.123. The second-order valence-electron chi connectivity index (χ2n) is 10.7. The maximum Gasteiger partial charge on any atom is 0.251 e. The van der Waals surface area contributed by atoms with Gasteiger partial charge in [0.25, 0.3) is 5.91 Å². The Kier molecular flexibility index (Phi) is 9.23. The maximum atomic E-state index is 14.2. The first-order valence-corrected chi connectivity index (χ1v) is 14.8. The molecule has 222 valence electrons. The van der Waals surface area contributed by atoms with E-state index in [1.807, 2.05) is 55.5 Å². The van der Waals surface area contributed by atoms with Gasteiger partial charge in [-0.1, -0.05) is 29.3 Å². The van der Waals surface area contributed by atoms with Gasteiger partial charge < -0.3 is 19.7 Å². The summed E-state index contributed by atoms with van der Waals surface area (Å²) < 4.78 is 10.9. The van der Waals surface area contributed by atoms with Crippen molar-refractivity contribution in [2.75, 3.05) is 25.7 Å². The van der Waals surface area contributed by atoms with E-state index in [-0.39, 0.29) is 11.8 Å². The highest BCUT2D eigenvalue weighted by molar-refractivity contribution is 6.31. The van der Waals surface area contributed by atoms with Crippen LogP contribution in [0.15, 0.2) is 79.0 Å². The Balaban J connectivity index is 1.34. The van der Waals surface area contributed by atoms with Crippen molar-refractivity contribution in [3.8, 4) is 11.5 Å². The van der Waals surface area contributed by atoms with Crippen LogP contribution in [0.2, 0.25) is 10.0 Å². The molecule has 0 spiro atoms. The Morgan fingerprint density at radius 2 is 1.79 bits per heavy atom. The van der Waals surface area contributed by atoms with Crippen LogP contribution < -0.4 is 19.7 Å². The Labute approximate surface area is 261 Å². The molecule has 2 amide bonds. The van der Waals surface area contributed by atoms with E-state index in [0.29, 0.717) is 59.5 Å². The summed E-state index contributed by atoms with van der Waals surface area (Å²) >= 11 is 13.0. The van der Waals surface area contributed by atoms with E-state index in [2.05, 4.69) is 10.3 Å². The number of amides is 2. The van der Waals surface area contributed by atoms with Crippen LogP contribution in [0, 0.1) is 0 Å². The van der Waals surface area contributed by atoms with E-state index in [1.54, 1.807) is 49.6 Å². The number of ether oxygens (including phenoxy) is 2. The van der Waals surface area contributed by atoms with E-state index in [1.165, 1.54) is 0 Å². The first-order valence-electron chi connectivity index (χ1n) is 14.0. The van der Waals surface area contributed by atoms with Crippen molar-refractivity contribution >= 4 is 40.7 Å². The molecule has 1 atom stereocenters. The van der Waals surface area contributed by atoms with Crippen molar-refractivity contribution in [2.24, 2.45) is 0 Å². The number of aryl methyl sites for hydroxylation is 1. The quantitative estimate of drug-likeness (QED) is 0.200. The molecular formula is C34H33Cl2N3O4. The number of hydrogen-bond donors (Lipinski definition) is 1. The average Bonchev–Trinajstić information content (AvgIpc) is 3.22. The first kappa shape index (κ1) is 30.4. The molecule has 7 nitrogen and oxygen atoms in total. The zero-order chi connectivity index (χ0) is 30.6. The summed E-state index contributed by atoms with van der Waals surface area (Å²) in [5.41, 5.74) is 3.89. The number of nitrogens with zero attached hydrogens (tertiary/aromatic N) is 2. The third-order valence-corrected chi connectivity index (χ3v) is 8.58. The van der Waals surface area contributed by atoms with Crippen molar-refractivity contribution in [3.63, 3.8) is 0 Å². The van der Waals surface area contributed by atoms with Gasteiger partial charge in [-0.25, -0.2) is 0 Å². The van der Waals surface area contributed by atoms with Gasteiger partial charge in [0, 0.05) is 57.8 Å². The van der Waals surface area contributed by atoms with Crippen molar-refractivity contribution in [1.82, 2.24) is 10.3 Å². The Bertz CT molecular complexity index is 1650. The second kappa shape index (κ2) is 13.1. The molecule has 1 aromatic heterocycles. The molecule has 2 heterocycles. The van der Waals surface area contributed by atoms with Crippen LogP contribution in [-0.4, -0.2) is 37.6 Å². The predicted molar refractivity (Wildman–Crippen MR) is 170 cm³/mol. The number of pyridine rings is 1. The fraction of sp³-hybridized carbons (Fsp3) is 0.265. The molecule has 4 aromatic rings. The number of methoxy groups -OCH3 is 2. The molecule has 1 unspecified atom stereocenters. The summed E-state index contributed by atoms with van der Waals surface area (Å²) in [6.07, 6.45) is 3.33. The van der Waals surface area contributed by atoms with Gasteiger partial charge in [-0.3, -0.25) is 14.6 Å². The van der Waals surface area contributed by atoms with Gasteiger partial charge in [0.05, 0.1) is 26.2 Å². The van der Waals surface area contributed by atoms with Gasteiger partial charge in [0.15, 0.2) is 0 Å². The van der Waals surface area contributed by atoms with Gasteiger partial charge in [-0.2, -0.15) is 0 Å². The number of halogens is 2. The third kappa shape index (κ3) is 6.48. The topological polar surface area (TPSA) is 80.8 Å². The molecule has 0 aliphatic carbocycles. The summed E-state index contributed by atoms with van der Waals surface area (Å²) in [5.74, 6) is 1.08. The molecule has 43 heavy (non-hydrogen) atoms. The van der Waals surface area contributed by atoms with E-state index >= 15 is 0 Å². The zero-order valence-electron chi connectivity index (χ0n) is 24.3. The minimum atomic E-state index is -0.857. The SMILES string of the molecule is COc1ccc(CN2C(=O)C(C)(CCc3cc(C(=O)NCCc4ccccn4)ccc3Cl)c3cc(Cl)ccc32)c(OC)c1. The van der Waals surface area contributed by atoms with E-state index in [4.69, 9.17) is 32.7 Å². The normalized spacial score (nSPS) is 15.7. The molecule has 0 bridgehead atoms. The summed E-state index contributed by atoms with van der Waals surface area (Å²) in [6.45, 7) is 2.73. The van der Waals surface area contributed by atoms with Crippen LogP contribution in [0.4, 0.5) is 5.69 Å². The van der Waals surface area contributed by atoms with Gasteiger partial charge in [0.2, 0.25) is 5.91 Å². The van der Waals surface area contributed by atoms with Gasteiger partial charge in [-0.05, 0) is 91.6 Å². The zero-order valence-corrected chi connectivity index (χ0v) is 25.8. The lowest BCUT2D eigenvalue weighted by atomic mass is 9.78. The largest absolute Gasteiger partial charge is 0.497 e. The average molecular weight is 619 g/mol. The highest BCUT2D eigenvalue weighted by Gasteiger charge is 2.47. The van der Waals surface area contributed by atoms with Crippen molar-refractivity contribution < 1.29 is 19.1 Å². The minimum absolute atomic E-state index is 0.0396. The highest BCUT2D eigenvalue weighted by Crippen LogP contribution is 2.47. The van der Waals surface area contributed by atoms with Crippen LogP contribution in [0.25, 0.3) is 0 Å². The molecule has 0 fully saturated rings. The van der Waals surface area contributed by atoms with Crippen LogP contribution in [-0.2, 0) is 29.6 Å². The fourth-order valence-corrected chi connectivity index (χ4v) is 5.89. The Morgan fingerprint density at radius 3 is 2.53 bits per heavy atom. The Hall–Kier alpha value is -4.07. The molecule has 3 aromatic carbocycles. The fourth-order valence-electron chi connectivity index (χ4n) is 5.50. The predicted octanol–water partition coefficient (Wildman–Crippen LogP) is 6.82. The molecule has 0 saturated heterocycles. The highest BCUT2D eigenvalue weighted by atomic mass is 35.5. The van der Waals surface area contributed by atoms with Gasteiger partial charge >= 0.3 is 0 Å². The number of carbonyl (C=O) groups is 2. The van der Waals surface area contributed by atoms with Crippen LogP contribution in [0.5, 0.6) is 11.5 Å². The molecule has 5 rings (SSSR count). The second-order valence-corrected chi connectivity index (χ2v) is 11.5. The molecule has 1 N–H and O–H groups in total. The Morgan fingerprint density at radius 1 is 0.953 bits per heavy atom. The van der Waals surface area contributed by atoms with Crippen LogP contribution >= 0.6 is 23.2 Å². The smallest absolute Gasteiger partial charge is 0.251 e. The molecule has 1 aliphatic heterocycles. The summed E-state index contributed by atoms with van der Waals surface area (Å²) in [7, 11) is 3.20. The number of benzene rings is 3. The molecule has 0 radical (unpaired) electrons. The van der Waals surface area contributed by atoms with E-state index in [0.717, 1.165) is 28.1 Å². The molecule has 9 heteroatoms. The lowest BCUT2D eigenvalue weighted by Crippen LogP contribution is -2.38. The number of hydrogen-bond acceptors (Lipinski definition) is 5. The number of anilines is 1. The number of rotatable bonds is 11. The molecule has 0 saturated carbocycles. The van der Waals surface area contributed by atoms with E-state index < -0.39 is 5.41 Å². The number of nitrogens with one attached hydrogen (secondary N) is 1. The van der Waals surface area contributed by atoms with E-state index in [9.17, 15) is 9.59 Å². The summed E-state index contributed by atoms with van der Waals surface area (Å²) in [6, 6.07) is 22.1. The van der Waals surface area contributed by atoms with Crippen LogP contribution in [0.1, 0.15) is 46.1 Å². The third-order valence-electron chi connectivity index (χ3n) is 7.98. The molecule has 1 aliphatic rings. The van der Waals surface area contributed by atoms with Crippen LogP contribution in [0.3, 0.4) is 0 Å². The number of carbonyl (C=O) groups excluding carboxylic acids is 2. The standard InChI is InChI=1S/C34H33Cl2N3O4/c1-34(15-13-22-18-23(8-11-29(22)36)32(40)38-17-14-26-6-4-5-16-37-26)28-19-25(35)9-12-30(28)39(33(34)41)21-24-7-10-27(42-2)20-31(24)43-3/h4-12,16,18-20H,13-15,17,21H2,1-3H3,(H,38,40). The van der Waals surface area contributed by atoms with Crippen molar-refractivity contribution in [1.29, 1.82) is 0 Å². The van der Waals surface area contributed by atoms with Gasteiger partial charge in [0.1, 0.15) is 11.5 Å². The lowest BCUT2D eigenvalue weighted by Gasteiger charge is -2.25. The molecular weight excluding hydrogens is 585 g/mol. The first-order chi connectivity index (χ1) is 20.7. The monoisotopic (exact) mass is 617 g/mol. The summed E-state index contributed by atoms with van der Waals surface area (Å²) in [5, 5.41) is 4.06. The van der Waals surface area contributed by atoms with Crippen molar-refractivity contribution in [2.45, 2.75) is 38.1 Å². The summed E-state index contributed by atoms with van der Waals surface area (Å²) in [4.78, 5) is 33.1. The maximum absolute atomic E-state index is 14.2. The minimum Gasteiger partial charge on any atom is -0.497 e. The number of aromatic nitrogens is 1. The number of fused-ring (bicyclic) bond motifs is 1. The van der Waals surface area contributed by atoms with Crippen molar-refractivity contribution in [3.05, 3.63) is 117 Å².